The van der Waals surface area contributed by atoms with Crippen LogP contribution in [0.5, 0.6) is 0 Å². The summed E-state index contributed by atoms with van der Waals surface area (Å²) in [5, 5.41) is 10.3. The van der Waals surface area contributed by atoms with Gasteiger partial charge < -0.3 is 5.11 Å². The molecule has 0 aliphatic heterocycles. The van der Waals surface area contributed by atoms with Crippen LogP contribution in [0, 0.1) is 58.2 Å². The van der Waals surface area contributed by atoms with Crippen molar-refractivity contribution in [1.82, 2.24) is 0 Å². The Morgan fingerprint density at radius 1 is 0.966 bits per heavy atom. The number of rotatable bonds is 4. The van der Waals surface area contributed by atoms with Crippen molar-refractivity contribution in [3.05, 3.63) is 12.2 Å². The molecule has 0 heterocycles. The van der Waals surface area contributed by atoms with Gasteiger partial charge in [-0.1, -0.05) is 26.3 Å². The Hall–Kier alpha value is -0.300. The second kappa shape index (κ2) is 7.11. The second-order valence-corrected chi connectivity index (χ2v) is 13.0. The van der Waals surface area contributed by atoms with E-state index in [1.54, 1.807) is 0 Å². The van der Waals surface area contributed by atoms with Gasteiger partial charge >= 0.3 is 0 Å². The molecule has 5 fully saturated rings. The highest BCUT2D eigenvalue weighted by Gasteiger charge is 2.61. The van der Waals surface area contributed by atoms with Gasteiger partial charge in [0.05, 0.1) is 6.10 Å². The molecule has 1 heteroatoms. The van der Waals surface area contributed by atoms with Gasteiger partial charge in [0, 0.05) is 0 Å². The number of hydrogen-bond donors (Lipinski definition) is 1. The van der Waals surface area contributed by atoms with Crippen LogP contribution in [-0.4, -0.2) is 11.2 Å². The Kier molecular flexibility index (Phi) is 5.05. The number of allylic oxidation sites excluding steroid dienone is 1. The third kappa shape index (κ3) is 3.19. The number of aliphatic hydroxyl groups excluding tert-OH is 1. The lowest BCUT2D eigenvalue weighted by Crippen LogP contribution is -2.54. The highest BCUT2D eigenvalue weighted by molar-refractivity contribution is 5.11. The standard InChI is InChI=1S/C28H46O/c1-17(2)14-19-15-23(19)18(3)24-8-9-25-22-7-6-20-16-21(29)10-12-27(20,4)26(22)11-13-28(24,25)5/h18-26,29H,1,6-16H2,2-5H3/t18-,19?,20?,21?,22+,23?,24-,25+,26+,27+,28-/m1/s1. The summed E-state index contributed by atoms with van der Waals surface area (Å²) in [7, 11) is 0. The number of fused-ring (bicyclic) bond motifs is 5. The van der Waals surface area contributed by atoms with Crippen molar-refractivity contribution in [2.75, 3.05) is 0 Å². The Labute approximate surface area is 180 Å². The molecule has 5 aliphatic rings. The van der Waals surface area contributed by atoms with Crippen LogP contribution < -0.4 is 0 Å². The van der Waals surface area contributed by atoms with E-state index in [4.69, 9.17) is 0 Å². The minimum Gasteiger partial charge on any atom is -0.393 e. The zero-order chi connectivity index (χ0) is 20.6. The van der Waals surface area contributed by atoms with E-state index < -0.39 is 0 Å². The first-order chi connectivity index (χ1) is 13.7. The topological polar surface area (TPSA) is 20.2 Å². The average molecular weight is 399 g/mol. The van der Waals surface area contributed by atoms with Crippen LogP contribution in [-0.2, 0) is 0 Å². The molecule has 0 aromatic carbocycles. The van der Waals surface area contributed by atoms with Gasteiger partial charge in [-0.15, -0.1) is 6.58 Å². The van der Waals surface area contributed by atoms with Gasteiger partial charge in [0.1, 0.15) is 0 Å². The van der Waals surface area contributed by atoms with E-state index in [1.165, 1.54) is 63.4 Å². The zero-order valence-electron chi connectivity index (χ0n) is 19.6. The molecule has 29 heavy (non-hydrogen) atoms. The highest BCUT2D eigenvalue weighted by atomic mass is 16.3. The molecule has 0 aromatic rings. The molecule has 0 radical (unpaired) electrons. The van der Waals surface area contributed by atoms with Crippen LogP contribution in [0.3, 0.4) is 0 Å². The van der Waals surface area contributed by atoms with Gasteiger partial charge in [-0.2, -0.15) is 0 Å². The van der Waals surface area contributed by atoms with Crippen molar-refractivity contribution in [2.24, 2.45) is 58.2 Å². The van der Waals surface area contributed by atoms with Gasteiger partial charge in [-0.25, -0.2) is 0 Å². The van der Waals surface area contributed by atoms with Gasteiger partial charge in [-0.05, 0) is 136 Å². The fraction of sp³-hybridized carbons (Fsp3) is 0.929. The summed E-state index contributed by atoms with van der Waals surface area (Å²) in [4.78, 5) is 0. The highest BCUT2D eigenvalue weighted by Crippen LogP contribution is 2.69. The first-order valence-corrected chi connectivity index (χ1v) is 13.1. The lowest BCUT2D eigenvalue weighted by molar-refractivity contribution is -0.129. The zero-order valence-corrected chi connectivity index (χ0v) is 19.6. The van der Waals surface area contributed by atoms with E-state index >= 15 is 0 Å². The average Bonchev–Trinajstić information content (AvgIpc) is 3.32. The summed E-state index contributed by atoms with van der Waals surface area (Å²) in [5.74, 6) is 7.52. The van der Waals surface area contributed by atoms with Gasteiger partial charge in [0.15, 0.2) is 0 Å². The van der Waals surface area contributed by atoms with Gasteiger partial charge in [0.2, 0.25) is 0 Å². The Bertz CT molecular complexity index is 653. The van der Waals surface area contributed by atoms with Crippen LogP contribution >= 0.6 is 0 Å². The Morgan fingerprint density at radius 3 is 2.45 bits per heavy atom. The molecule has 0 bridgehead atoms. The van der Waals surface area contributed by atoms with Crippen LogP contribution in [0.25, 0.3) is 0 Å². The van der Waals surface area contributed by atoms with Crippen molar-refractivity contribution >= 4 is 0 Å². The quantitative estimate of drug-likeness (QED) is 0.495. The van der Waals surface area contributed by atoms with Crippen molar-refractivity contribution in [2.45, 2.75) is 104 Å². The van der Waals surface area contributed by atoms with E-state index in [-0.39, 0.29) is 6.10 Å². The summed E-state index contributed by atoms with van der Waals surface area (Å²) in [6.07, 6.45) is 15.0. The van der Waals surface area contributed by atoms with Crippen LogP contribution in [0.4, 0.5) is 0 Å². The molecule has 5 aliphatic carbocycles. The molecule has 0 amide bonds. The molecule has 0 aromatic heterocycles. The predicted molar refractivity (Wildman–Crippen MR) is 121 cm³/mol. The lowest BCUT2D eigenvalue weighted by atomic mass is 9.44. The molecule has 5 rings (SSSR count). The molecule has 164 valence electrons. The summed E-state index contributed by atoms with van der Waals surface area (Å²) in [5.41, 5.74) is 2.52. The maximum Gasteiger partial charge on any atom is 0.0543 e. The fourth-order valence-electron chi connectivity index (χ4n) is 10.0. The van der Waals surface area contributed by atoms with Crippen molar-refractivity contribution in [1.29, 1.82) is 0 Å². The first-order valence-electron chi connectivity index (χ1n) is 13.1. The summed E-state index contributed by atoms with van der Waals surface area (Å²) in [6.45, 7) is 14.4. The molecule has 5 saturated carbocycles. The second-order valence-electron chi connectivity index (χ2n) is 13.0. The SMILES string of the molecule is C=C(C)CC1CC1[C@@H](C)[C@H]1CC[C@H]2[C@@H]3CCC4CC(O)CC[C@]4(C)[C@H]3CC[C@]12C. The maximum absolute atomic E-state index is 10.3. The molecule has 1 N–H and O–H groups in total. The molecular formula is C28H46O. The fourth-order valence-corrected chi connectivity index (χ4v) is 10.0. The van der Waals surface area contributed by atoms with Gasteiger partial charge in [-0.3, -0.25) is 0 Å². The minimum atomic E-state index is -0.0131. The molecular weight excluding hydrogens is 352 g/mol. The molecule has 1 nitrogen and oxygen atoms in total. The largest absolute Gasteiger partial charge is 0.393 e. The van der Waals surface area contributed by atoms with E-state index in [2.05, 4.69) is 34.3 Å². The van der Waals surface area contributed by atoms with E-state index in [9.17, 15) is 5.11 Å². The van der Waals surface area contributed by atoms with Crippen LogP contribution in [0.15, 0.2) is 12.2 Å². The molecule has 0 saturated heterocycles. The van der Waals surface area contributed by atoms with Crippen LogP contribution in [0.2, 0.25) is 0 Å². The molecule has 4 unspecified atom stereocenters. The number of aliphatic hydroxyl groups is 1. The minimum absolute atomic E-state index is 0.0131. The summed E-state index contributed by atoms with van der Waals surface area (Å²) < 4.78 is 0. The Balaban J connectivity index is 1.32. The predicted octanol–water partition coefficient (Wildman–Crippen LogP) is 7.24. The Morgan fingerprint density at radius 2 is 1.69 bits per heavy atom. The number of hydrogen-bond acceptors (Lipinski definition) is 1. The third-order valence-electron chi connectivity index (χ3n) is 11.6. The van der Waals surface area contributed by atoms with Crippen molar-refractivity contribution in [3.63, 3.8) is 0 Å². The van der Waals surface area contributed by atoms with E-state index in [0.29, 0.717) is 10.8 Å². The van der Waals surface area contributed by atoms with E-state index in [0.717, 1.165) is 60.2 Å². The molecule has 0 spiro atoms. The van der Waals surface area contributed by atoms with Crippen molar-refractivity contribution in [3.8, 4) is 0 Å². The smallest absolute Gasteiger partial charge is 0.0543 e. The first kappa shape index (κ1) is 20.6. The van der Waals surface area contributed by atoms with E-state index in [1.807, 2.05) is 0 Å². The lowest BCUT2D eigenvalue weighted by Gasteiger charge is -2.61. The van der Waals surface area contributed by atoms with Gasteiger partial charge in [0.25, 0.3) is 0 Å². The van der Waals surface area contributed by atoms with Crippen LogP contribution in [0.1, 0.15) is 98.3 Å². The van der Waals surface area contributed by atoms with Crippen molar-refractivity contribution < 1.29 is 5.11 Å². The maximum atomic E-state index is 10.3. The summed E-state index contributed by atoms with van der Waals surface area (Å²) in [6, 6.07) is 0. The monoisotopic (exact) mass is 398 g/mol. The molecule has 11 atom stereocenters. The normalized spacial score (nSPS) is 54.8. The summed E-state index contributed by atoms with van der Waals surface area (Å²) >= 11 is 0. The third-order valence-corrected chi connectivity index (χ3v) is 11.6.